The van der Waals surface area contributed by atoms with Crippen molar-refractivity contribution in [1.29, 1.82) is 0 Å². The molecule has 3 rings (SSSR count). The fourth-order valence-corrected chi connectivity index (χ4v) is 5.29. The number of hydrogen-bond acceptors (Lipinski definition) is 1. The summed E-state index contributed by atoms with van der Waals surface area (Å²) in [5.74, 6) is -0.225. The molecule has 0 amide bonds. The Morgan fingerprint density at radius 1 is 1.03 bits per heavy atom. The molecule has 1 aliphatic carbocycles. The Labute approximate surface area is 216 Å². The molecule has 1 atom stereocenters. The van der Waals surface area contributed by atoms with E-state index in [1.54, 1.807) is 7.05 Å². The van der Waals surface area contributed by atoms with Gasteiger partial charge in [-0.2, -0.15) is 0 Å². The zero-order valence-corrected chi connectivity index (χ0v) is 21.9. The summed E-state index contributed by atoms with van der Waals surface area (Å²) in [5.41, 5.74) is 6.68. The summed E-state index contributed by atoms with van der Waals surface area (Å²) in [5, 5.41) is 0. The highest BCUT2D eigenvalue weighted by Gasteiger charge is 2.26. The van der Waals surface area contributed by atoms with E-state index < -0.39 is 11.6 Å². The second-order valence-electron chi connectivity index (χ2n) is 10.0. The minimum absolute atomic E-state index is 0.0280. The SMILES string of the molecule is C=C(/C=C(\C=C/C)c1cccc(C)c1)C1CCC(C(=C)CC(C/C=N\C)c2cc(F)cc(F)c2)CC1. The first-order valence-corrected chi connectivity index (χ1v) is 12.9. The molecule has 0 saturated heterocycles. The topological polar surface area (TPSA) is 12.4 Å². The van der Waals surface area contributed by atoms with Gasteiger partial charge in [0.1, 0.15) is 11.6 Å². The van der Waals surface area contributed by atoms with Crippen LogP contribution in [0.25, 0.3) is 5.57 Å². The Morgan fingerprint density at radius 2 is 1.69 bits per heavy atom. The first-order chi connectivity index (χ1) is 17.3. The first kappa shape index (κ1) is 27.5. The normalized spacial score (nSPS) is 19.6. The van der Waals surface area contributed by atoms with Gasteiger partial charge >= 0.3 is 0 Å². The summed E-state index contributed by atoms with van der Waals surface area (Å²) >= 11 is 0. The van der Waals surface area contributed by atoms with E-state index >= 15 is 0 Å². The van der Waals surface area contributed by atoms with Gasteiger partial charge < -0.3 is 4.99 Å². The molecule has 1 saturated carbocycles. The van der Waals surface area contributed by atoms with E-state index in [0.29, 0.717) is 30.2 Å². The number of benzene rings is 2. The number of allylic oxidation sites excluding steroid dienone is 6. The lowest BCUT2D eigenvalue weighted by molar-refractivity contribution is 0.330. The van der Waals surface area contributed by atoms with Gasteiger partial charge in [-0.15, -0.1) is 0 Å². The standard InChI is InChI=1S/C33H39F2N/c1-6-8-28(29-10-7-9-23(2)17-29)18-24(3)26-11-13-27(14-12-26)25(4)19-30(15-16-36-5)31-20-32(34)22-33(35)21-31/h6-10,16-18,20-22,26-27,30H,3-4,11-15,19H2,1-2,5H3/b8-6-,28-18+,36-16-. The third-order valence-corrected chi connectivity index (χ3v) is 7.30. The number of aliphatic imine (C=N–C) groups is 1. The van der Waals surface area contributed by atoms with E-state index in [-0.39, 0.29) is 5.92 Å². The Kier molecular flexibility index (Phi) is 10.2. The molecule has 3 heteroatoms. The molecule has 190 valence electrons. The number of hydrogen-bond donors (Lipinski definition) is 0. The summed E-state index contributed by atoms with van der Waals surface area (Å²) in [7, 11) is 1.72. The largest absolute Gasteiger partial charge is 0.301 e. The van der Waals surface area contributed by atoms with Crippen LogP contribution in [0.4, 0.5) is 8.78 Å². The molecule has 0 aromatic heterocycles. The van der Waals surface area contributed by atoms with E-state index in [1.807, 2.05) is 13.1 Å². The monoisotopic (exact) mass is 487 g/mol. The van der Waals surface area contributed by atoms with E-state index in [9.17, 15) is 8.78 Å². The highest BCUT2D eigenvalue weighted by atomic mass is 19.1. The van der Waals surface area contributed by atoms with Crippen molar-refractivity contribution >= 4 is 11.8 Å². The average Bonchev–Trinajstić information content (AvgIpc) is 2.85. The Hall–Kier alpha value is -3.07. The van der Waals surface area contributed by atoms with Crippen molar-refractivity contribution in [2.45, 2.75) is 58.3 Å². The van der Waals surface area contributed by atoms with Crippen LogP contribution in [0.15, 0.2) is 90.0 Å². The van der Waals surface area contributed by atoms with E-state index in [1.165, 1.54) is 40.0 Å². The minimum atomic E-state index is -0.538. The molecule has 1 aliphatic rings. The van der Waals surface area contributed by atoms with Gasteiger partial charge in [-0.05, 0) is 105 Å². The van der Waals surface area contributed by atoms with E-state index in [2.05, 4.69) is 67.6 Å². The Balaban J connectivity index is 1.64. The highest BCUT2D eigenvalue weighted by Crippen LogP contribution is 2.40. The molecule has 0 aliphatic heterocycles. The fourth-order valence-electron chi connectivity index (χ4n) is 5.29. The first-order valence-electron chi connectivity index (χ1n) is 12.9. The lowest BCUT2D eigenvalue weighted by atomic mass is 9.73. The van der Waals surface area contributed by atoms with Crippen LogP contribution in [0.5, 0.6) is 0 Å². The molecule has 2 aromatic carbocycles. The Morgan fingerprint density at radius 3 is 2.31 bits per heavy atom. The van der Waals surface area contributed by atoms with E-state index in [4.69, 9.17) is 0 Å². The van der Waals surface area contributed by atoms with Crippen LogP contribution in [0.1, 0.15) is 68.1 Å². The fraction of sp³-hybridized carbons (Fsp3) is 0.364. The second kappa shape index (κ2) is 13.3. The van der Waals surface area contributed by atoms with Gasteiger partial charge in [-0.3, -0.25) is 0 Å². The molecular weight excluding hydrogens is 448 g/mol. The number of aryl methyl sites for hydroxylation is 1. The lowest BCUT2D eigenvalue weighted by Gasteiger charge is -2.31. The molecule has 1 unspecified atom stereocenters. The smallest absolute Gasteiger partial charge is 0.126 e. The van der Waals surface area contributed by atoms with Crippen LogP contribution >= 0.6 is 0 Å². The minimum Gasteiger partial charge on any atom is -0.301 e. The van der Waals surface area contributed by atoms with Gasteiger partial charge in [0.15, 0.2) is 0 Å². The van der Waals surface area contributed by atoms with Crippen molar-refractivity contribution < 1.29 is 8.78 Å². The third kappa shape index (κ3) is 7.71. The zero-order chi connectivity index (χ0) is 26.1. The van der Waals surface area contributed by atoms with Gasteiger partial charge in [-0.25, -0.2) is 8.78 Å². The van der Waals surface area contributed by atoms with Crippen molar-refractivity contribution in [2.75, 3.05) is 7.05 Å². The average molecular weight is 488 g/mol. The molecule has 36 heavy (non-hydrogen) atoms. The van der Waals surface area contributed by atoms with Gasteiger partial charge in [-0.1, -0.05) is 72.4 Å². The van der Waals surface area contributed by atoms with Gasteiger partial charge in [0, 0.05) is 13.1 Å². The maximum absolute atomic E-state index is 13.9. The maximum atomic E-state index is 13.9. The van der Waals surface area contributed by atoms with Crippen LogP contribution in [-0.2, 0) is 0 Å². The van der Waals surface area contributed by atoms with Gasteiger partial charge in [0.25, 0.3) is 0 Å². The van der Waals surface area contributed by atoms with Crippen LogP contribution in [0, 0.1) is 30.4 Å². The molecule has 0 heterocycles. The predicted octanol–water partition coefficient (Wildman–Crippen LogP) is 9.42. The highest BCUT2D eigenvalue weighted by molar-refractivity contribution is 5.76. The quantitative estimate of drug-likeness (QED) is 0.180. The van der Waals surface area contributed by atoms with Crippen molar-refractivity contribution in [3.63, 3.8) is 0 Å². The third-order valence-electron chi connectivity index (χ3n) is 7.30. The van der Waals surface area contributed by atoms with Gasteiger partial charge in [0.05, 0.1) is 0 Å². The molecular formula is C33H39F2N. The molecule has 2 aromatic rings. The predicted molar refractivity (Wildman–Crippen MR) is 150 cm³/mol. The van der Waals surface area contributed by atoms with Crippen molar-refractivity contribution in [2.24, 2.45) is 16.8 Å². The summed E-state index contributed by atoms with van der Waals surface area (Å²) in [6.45, 7) is 13.0. The molecule has 0 radical (unpaired) electrons. The summed E-state index contributed by atoms with van der Waals surface area (Å²) in [4.78, 5) is 4.10. The van der Waals surface area contributed by atoms with Crippen LogP contribution in [0.3, 0.4) is 0 Å². The zero-order valence-electron chi connectivity index (χ0n) is 21.9. The van der Waals surface area contributed by atoms with Crippen LogP contribution in [0.2, 0.25) is 0 Å². The maximum Gasteiger partial charge on any atom is 0.126 e. The van der Waals surface area contributed by atoms with Crippen molar-refractivity contribution in [3.8, 4) is 0 Å². The Bertz CT molecular complexity index is 1130. The molecule has 1 nitrogen and oxygen atoms in total. The molecule has 1 fully saturated rings. The van der Waals surface area contributed by atoms with Crippen LogP contribution in [-0.4, -0.2) is 13.3 Å². The number of nitrogens with zero attached hydrogens (tertiary/aromatic N) is 1. The van der Waals surface area contributed by atoms with Gasteiger partial charge in [0.2, 0.25) is 0 Å². The van der Waals surface area contributed by atoms with E-state index in [0.717, 1.165) is 31.7 Å². The summed E-state index contributed by atoms with van der Waals surface area (Å²) in [6.07, 6.45) is 13.9. The number of rotatable bonds is 10. The molecule has 0 spiro atoms. The lowest BCUT2D eigenvalue weighted by Crippen LogP contribution is -2.18. The van der Waals surface area contributed by atoms with Crippen molar-refractivity contribution in [1.82, 2.24) is 0 Å². The number of halogens is 2. The van der Waals surface area contributed by atoms with Crippen molar-refractivity contribution in [3.05, 3.63) is 113 Å². The molecule has 0 N–H and O–H groups in total. The summed E-state index contributed by atoms with van der Waals surface area (Å²) in [6, 6.07) is 12.4. The summed E-state index contributed by atoms with van der Waals surface area (Å²) < 4.78 is 27.7. The molecule has 0 bridgehead atoms. The second-order valence-corrected chi connectivity index (χ2v) is 10.0. The van der Waals surface area contributed by atoms with Crippen LogP contribution < -0.4 is 0 Å².